The van der Waals surface area contributed by atoms with Crippen molar-refractivity contribution in [3.63, 3.8) is 0 Å². The zero-order chi connectivity index (χ0) is 17.4. The van der Waals surface area contributed by atoms with E-state index in [1.54, 1.807) is 12.1 Å². The van der Waals surface area contributed by atoms with E-state index in [2.05, 4.69) is 16.3 Å². The number of nitrogens with one attached hydrogen (secondary N) is 2. The Morgan fingerprint density at radius 3 is 2.50 bits per heavy atom. The van der Waals surface area contributed by atoms with Crippen LogP contribution in [-0.4, -0.2) is 35.4 Å². The molecule has 0 fully saturated rings. The number of phenolic OH excluding ortho intramolecular Hbond substituents is 1. The van der Waals surface area contributed by atoms with E-state index in [1.807, 2.05) is 6.92 Å². The highest BCUT2D eigenvalue weighted by molar-refractivity contribution is 5.85. The number of methoxy groups -OCH3 is 2. The van der Waals surface area contributed by atoms with Gasteiger partial charge in [0.05, 0.1) is 20.3 Å². The summed E-state index contributed by atoms with van der Waals surface area (Å²) in [7, 11) is 2.86. The molecule has 2 unspecified atom stereocenters. The van der Waals surface area contributed by atoms with Gasteiger partial charge in [0.15, 0.2) is 11.5 Å². The molecule has 1 aliphatic heterocycles. The number of H-pyrrole nitrogens is 1. The molecule has 8 heteroatoms. The maximum absolute atomic E-state index is 10.1. The SMILES string of the molecule is COc1cc(C2c3c(n[nH]c3C)OC(=N)C2C#N)cc(OC)c1O. The van der Waals surface area contributed by atoms with Crippen molar-refractivity contribution in [2.45, 2.75) is 12.8 Å². The number of benzene rings is 1. The van der Waals surface area contributed by atoms with Crippen molar-refractivity contribution in [3.05, 3.63) is 29.0 Å². The van der Waals surface area contributed by atoms with Crippen LogP contribution in [-0.2, 0) is 0 Å². The first-order valence-electron chi connectivity index (χ1n) is 7.17. The number of phenols is 1. The van der Waals surface area contributed by atoms with Gasteiger partial charge in [0.1, 0.15) is 5.92 Å². The minimum Gasteiger partial charge on any atom is -0.502 e. The predicted molar refractivity (Wildman–Crippen MR) is 83.8 cm³/mol. The molecular weight excluding hydrogens is 312 g/mol. The fourth-order valence-corrected chi connectivity index (χ4v) is 2.93. The lowest BCUT2D eigenvalue weighted by molar-refractivity contribution is 0.338. The lowest BCUT2D eigenvalue weighted by Crippen LogP contribution is -2.31. The Morgan fingerprint density at radius 2 is 1.96 bits per heavy atom. The van der Waals surface area contributed by atoms with E-state index < -0.39 is 11.8 Å². The zero-order valence-electron chi connectivity index (χ0n) is 13.4. The van der Waals surface area contributed by atoms with Crippen LogP contribution < -0.4 is 14.2 Å². The van der Waals surface area contributed by atoms with E-state index in [0.29, 0.717) is 11.1 Å². The Hall–Kier alpha value is -3.21. The molecule has 0 aliphatic carbocycles. The van der Waals surface area contributed by atoms with E-state index in [9.17, 15) is 10.4 Å². The summed E-state index contributed by atoms with van der Waals surface area (Å²) in [5, 5.41) is 34.5. The van der Waals surface area contributed by atoms with Crippen molar-refractivity contribution in [1.82, 2.24) is 10.2 Å². The summed E-state index contributed by atoms with van der Waals surface area (Å²) in [6.07, 6.45) is 0. The average Bonchev–Trinajstić information content (AvgIpc) is 2.94. The predicted octanol–water partition coefficient (Wildman–Crippen LogP) is 2.08. The highest BCUT2D eigenvalue weighted by atomic mass is 16.5. The lowest BCUT2D eigenvalue weighted by atomic mass is 9.79. The van der Waals surface area contributed by atoms with Crippen molar-refractivity contribution < 1.29 is 19.3 Å². The second kappa shape index (κ2) is 5.77. The lowest BCUT2D eigenvalue weighted by Gasteiger charge is -2.28. The number of ether oxygens (including phenoxy) is 3. The quantitative estimate of drug-likeness (QED) is 0.792. The molecule has 8 nitrogen and oxygen atoms in total. The third-order valence-corrected chi connectivity index (χ3v) is 4.09. The van der Waals surface area contributed by atoms with Crippen LogP contribution in [0.25, 0.3) is 0 Å². The summed E-state index contributed by atoms with van der Waals surface area (Å²) in [6, 6.07) is 5.37. The van der Waals surface area contributed by atoms with Gasteiger partial charge >= 0.3 is 0 Å². The number of fused-ring (bicyclic) bond motifs is 1. The molecule has 1 aromatic heterocycles. The van der Waals surface area contributed by atoms with Crippen molar-refractivity contribution in [2.75, 3.05) is 14.2 Å². The maximum atomic E-state index is 10.1. The van der Waals surface area contributed by atoms with Crippen molar-refractivity contribution in [2.24, 2.45) is 5.92 Å². The van der Waals surface area contributed by atoms with Gasteiger partial charge in [0.2, 0.25) is 17.5 Å². The molecule has 124 valence electrons. The first-order chi connectivity index (χ1) is 11.5. The van der Waals surface area contributed by atoms with Crippen LogP contribution in [0, 0.1) is 29.6 Å². The highest BCUT2D eigenvalue weighted by Gasteiger charge is 2.40. The normalized spacial score (nSPS) is 19.2. The second-order valence-electron chi connectivity index (χ2n) is 5.39. The minimum absolute atomic E-state index is 0.122. The molecule has 0 spiro atoms. The fourth-order valence-electron chi connectivity index (χ4n) is 2.93. The smallest absolute Gasteiger partial charge is 0.243 e. The van der Waals surface area contributed by atoms with Crippen molar-refractivity contribution >= 4 is 5.90 Å². The van der Waals surface area contributed by atoms with E-state index in [1.165, 1.54) is 14.2 Å². The van der Waals surface area contributed by atoms with Crippen LogP contribution in [0.2, 0.25) is 0 Å². The number of aryl methyl sites for hydroxylation is 1. The van der Waals surface area contributed by atoms with E-state index in [4.69, 9.17) is 19.6 Å². The summed E-state index contributed by atoms with van der Waals surface area (Å²) in [5.74, 6) is -0.888. The van der Waals surface area contributed by atoms with Gasteiger partial charge in [-0.2, -0.15) is 5.26 Å². The summed E-state index contributed by atoms with van der Waals surface area (Å²) in [6.45, 7) is 1.82. The molecule has 2 aromatic rings. The fraction of sp³-hybridized carbons (Fsp3) is 0.312. The van der Waals surface area contributed by atoms with Gasteiger partial charge in [0.25, 0.3) is 0 Å². The topological polar surface area (TPSA) is 124 Å². The number of hydrogen-bond acceptors (Lipinski definition) is 7. The number of aromatic amines is 1. The summed E-state index contributed by atoms with van der Waals surface area (Å²) >= 11 is 0. The van der Waals surface area contributed by atoms with Crippen LogP contribution in [0.1, 0.15) is 22.7 Å². The summed E-state index contributed by atoms with van der Waals surface area (Å²) < 4.78 is 15.7. The molecule has 0 saturated heterocycles. The second-order valence-corrected chi connectivity index (χ2v) is 5.39. The van der Waals surface area contributed by atoms with Crippen LogP contribution in [0.5, 0.6) is 23.1 Å². The number of rotatable bonds is 3. The summed E-state index contributed by atoms with van der Waals surface area (Å²) in [5.41, 5.74) is 2.10. The molecule has 3 rings (SSSR count). The molecule has 24 heavy (non-hydrogen) atoms. The number of nitriles is 1. The first kappa shape index (κ1) is 15.7. The highest BCUT2D eigenvalue weighted by Crippen LogP contribution is 2.46. The van der Waals surface area contributed by atoms with Crippen LogP contribution >= 0.6 is 0 Å². The standard InChI is InChI=1S/C16H16N4O4/c1-7-12-13(9(6-17)15(18)24-16(12)20-19-7)8-4-10(22-2)14(21)11(5-8)23-3/h4-5,9,13,18,21H,1-3H3,(H,19,20). The van der Waals surface area contributed by atoms with Crippen molar-refractivity contribution in [1.29, 1.82) is 10.7 Å². The number of aromatic hydroxyl groups is 1. The number of nitrogens with zero attached hydrogens (tertiary/aromatic N) is 2. The van der Waals surface area contributed by atoms with Gasteiger partial charge in [-0.05, 0) is 24.6 Å². The molecular formula is C16H16N4O4. The Balaban J connectivity index is 2.25. The Morgan fingerprint density at radius 1 is 1.33 bits per heavy atom. The van der Waals surface area contributed by atoms with Gasteiger partial charge in [-0.25, -0.2) is 0 Å². The molecule has 2 heterocycles. The largest absolute Gasteiger partial charge is 0.502 e. The number of hydrogen-bond donors (Lipinski definition) is 3. The summed E-state index contributed by atoms with van der Waals surface area (Å²) in [4.78, 5) is 0. The average molecular weight is 328 g/mol. The van der Waals surface area contributed by atoms with Gasteiger partial charge in [-0.15, -0.1) is 5.10 Å². The Labute approximate surface area is 138 Å². The Bertz CT molecular complexity index is 827. The molecule has 0 saturated carbocycles. The van der Waals surface area contributed by atoms with E-state index in [-0.39, 0.29) is 29.0 Å². The third kappa shape index (κ3) is 2.22. The van der Waals surface area contributed by atoms with Crippen molar-refractivity contribution in [3.8, 4) is 29.2 Å². The van der Waals surface area contributed by atoms with E-state index >= 15 is 0 Å². The molecule has 1 aliphatic rings. The van der Waals surface area contributed by atoms with Crippen LogP contribution in [0.3, 0.4) is 0 Å². The molecule has 0 radical (unpaired) electrons. The molecule has 0 bridgehead atoms. The molecule has 1 aromatic carbocycles. The molecule has 3 N–H and O–H groups in total. The molecule has 0 amide bonds. The first-order valence-corrected chi connectivity index (χ1v) is 7.17. The van der Waals surface area contributed by atoms with Crippen LogP contribution in [0.4, 0.5) is 0 Å². The van der Waals surface area contributed by atoms with Gasteiger partial charge in [-0.1, -0.05) is 0 Å². The number of aromatic nitrogens is 2. The maximum Gasteiger partial charge on any atom is 0.243 e. The zero-order valence-corrected chi connectivity index (χ0v) is 13.4. The van der Waals surface area contributed by atoms with E-state index in [0.717, 1.165) is 5.69 Å². The Kier molecular flexibility index (Phi) is 3.77. The third-order valence-electron chi connectivity index (χ3n) is 4.09. The van der Waals surface area contributed by atoms with Crippen LogP contribution in [0.15, 0.2) is 12.1 Å². The van der Waals surface area contributed by atoms with Gasteiger partial charge < -0.3 is 19.3 Å². The molecule has 2 atom stereocenters. The minimum atomic E-state index is -0.826. The van der Waals surface area contributed by atoms with Gasteiger partial charge in [0, 0.05) is 17.2 Å². The monoisotopic (exact) mass is 328 g/mol. The van der Waals surface area contributed by atoms with Gasteiger partial charge in [-0.3, -0.25) is 10.5 Å².